The van der Waals surface area contributed by atoms with Gasteiger partial charge >= 0.3 is 0 Å². The highest BCUT2D eigenvalue weighted by molar-refractivity contribution is 6.30. The molecule has 1 amide bonds. The standard InChI is InChI=1S/C18H19ClN2O/c19-15-6-8-16(9-7-15)20-18(22)14-4-10-17(11-5-14)21-12-2-1-3-13-21/h4-11H,1-3,12-13H2,(H,20,22). The fraction of sp³-hybridized carbons (Fsp3) is 0.278. The van der Waals surface area contributed by atoms with Crippen molar-refractivity contribution in [2.24, 2.45) is 0 Å². The summed E-state index contributed by atoms with van der Waals surface area (Å²) < 4.78 is 0. The number of hydrogen-bond donors (Lipinski definition) is 1. The number of carbonyl (C=O) groups is 1. The fourth-order valence-corrected chi connectivity index (χ4v) is 2.84. The molecule has 1 N–H and O–H groups in total. The zero-order valence-corrected chi connectivity index (χ0v) is 13.1. The molecule has 0 unspecified atom stereocenters. The number of hydrogen-bond acceptors (Lipinski definition) is 2. The van der Waals surface area contributed by atoms with Crippen molar-refractivity contribution in [1.82, 2.24) is 0 Å². The zero-order chi connectivity index (χ0) is 15.4. The second-order valence-corrected chi connectivity index (χ2v) is 5.99. The summed E-state index contributed by atoms with van der Waals surface area (Å²) in [6.07, 6.45) is 3.82. The van der Waals surface area contributed by atoms with Crippen LogP contribution < -0.4 is 10.2 Å². The zero-order valence-electron chi connectivity index (χ0n) is 12.4. The Morgan fingerprint density at radius 1 is 0.909 bits per heavy atom. The van der Waals surface area contributed by atoms with Gasteiger partial charge in [-0.1, -0.05) is 11.6 Å². The van der Waals surface area contributed by atoms with Gasteiger partial charge in [-0.2, -0.15) is 0 Å². The number of piperidine rings is 1. The van der Waals surface area contributed by atoms with Gasteiger partial charge in [0.2, 0.25) is 0 Å². The van der Waals surface area contributed by atoms with Crippen LogP contribution in [0.2, 0.25) is 5.02 Å². The maximum atomic E-state index is 12.2. The Kier molecular flexibility index (Phi) is 4.64. The van der Waals surface area contributed by atoms with Crippen LogP contribution in [0, 0.1) is 0 Å². The summed E-state index contributed by atoms with van der Waals surface area (Å²) in [5.74, 6) is -0.104. The molecule has 1 aliphatic heterocycles. The van der Waals surface area contributed by atoms with E-state index in [4.69, 9.17) is 11.6 Å². The van der Waals surface area contributed by atoms with Gasteiger partial charge in [-0.15, -0.1) is 0 Å². The molecular formula is C18H19ClN2O. The first-order valence-corrected chi connectivity index (χ1v) is 8.02. The maximum absolute atomic E-state index is 12.2. The minimum absolute atomic E-state index is 0.104. The van der Waals surface area contributed by atoms with E-state index in [0.29, 0.717) is 10.6 Å². The molecule has 0 spiro atoms. The number of amides is 1. The van der Waals surface area contributed by atoms with E-state index in [9.17, 15) is 4.79 Å². The molecule has 1 saturated heterocycles. The molecule has 0 aromatic heterocycles. The van der Waals surface area contributed by atoms with E-state index in [0.717, 1.165) is 18.8 Å². The first-order chi connectivity index (χ1) is 10.7. The summed E-state index contributed by atoms with van der Waals surface area (Å²) in [7, 11) is 0. The van der Waals surface area contributed by atoms with Crippen LogP contribution in [0.5, 0.6) is 0 Å². The first-order valence-electron chi connectivity index (χ1n) is 7.64. The Morgan fingerprint density at radius 2 is 1.55 bits per heavy atom. The summed E-state index contributed by atoms with van der Waals surface area (Å²) in [6.45, 7) is 2.21. The minimum Gasteiger partial charge on any atom is -0.372 e. The van der Waals surface area contributed by atoms with Crippen molar-refractivity contribution in [2.45, 2.75) is 19.3 Å². The van der Waals surface area contributed by atoms with E-state index >= 15 is 0 Å². The van der Waals surface area contributed by atoms with Crippen molar-refractivity contribution in [3.8, 4) is 0 Å². The Bertz CT molecular complexity index is 631. The predicted molar refractivity (Wildman–Crippen MR) is 91.9 cm³/mol. The van der Waals surface area contributed by atoms with Crippen LogP contribution in [-0.4, -0.2) is 19.0 Å². The van der Waals surface area contributed by atoms with Gasteiger partial charge in [-0.25, -0.2) is 0 Å². The first kappa shape index (κ1) is 14.9. The highest BCUT2D eigenvalue weighted by Crippen LogP contribution is 2.21. The number of halogens is 1. The molecule has 0 radical (unpaired) electrons. The molecule has 0 aliphatic carbocycles. The molecule has 4 heteroatoms. The Hall–Kier alpha value is -2.00. The van der Waals surface area contributed by atoms with Crippen LogP contribution in [0.15, 0.2) is 48.5 Å². The highest BCUT2D eigenvalue weighted by Gasteiger charge is 2.12. The summed E-state index contributed by atoms with van der Waals surface area (Å²) in [4.78, 5) is 14.6. The lowest BCUT2D eigenvalue weighted by Gasteiger charge is -2.28. The van der Waals surface area contributed by atoms with Crippen LogP contribution in [0.3, 0.4) is 0 Å². The van der Waals surface area contributed by atoms with Gasteiger partial charge in [-0.3, -0.25) is 4.79 Å². The number of anilines is 2. The van der Waals surface area contributed by atoms with Crippen molar-refractivity contribution < 1.29 is 4.79 Å². The van der Waals surface area contributed by atoms with Crippen LogP contribution in [0.1, 0.15) is 29.6 Å². The van der Waals surface area contributed by atoms with Crippen molar-refractivity contribution in [1.29, 1.82) is 0 Å². The molecule has 1 fully saturated rings. The van der Waals surface area contributed by atoms with Gasteiger partial charge in [0.25, 0.3) is 5.91 Å². The number of carbonyl (C=O) groups excluding carboxylic acids is 1. The maximum Gasteiger partial charge on any atom is 0.255 e. The molecular weight excluding hydrogens is 296 g/mol. The van der Waals surface area contributed by atoms with E-state index in [-0.39, 0.29) is 5.91 Å². The Labute approximate surface area is 135 Å². The average Bonchev–Trinajstić information content (AvgIpc) is 2.58. The quantitative estimate of drug-likeness (QED) is 0.899. The molecule has 0 atom stereocenters. The van der Waals surface area contributed by atoms with E-state index in [1.807, 2.05) is 24.3 Å². The fourth-order valence-electron chi connectivity index (χ4n) is 2.71. The van der Waals surface area contributed by atoms with E-state index < -0.39 is 0 Å². The SMILES string of the molecule is O=C(Nc1ccc(Cl)cc1)c1ccc(N2CCCCC2)cc1. The molecule has 0 saturated carbocycles. The van der Waals surface area contributed by atoms with Crippen molar-refractivity contribution in [3.05, 3.63) is 59.1 Å². The molecule has 22 heavy (non-hydrogen) atoms. The predicted octanol–water partition coefficient (Wildman–Crippen LogP) is 4.58. The number of nitrogens with zero attached hydrogens (tertiary/aromatic N) is 1. The Balaban J connectivity index is 1.66. The number of rotatable bonds is 3. The minimum atomic E-state index is -0.104. The smallest absolute Gasteiger partial charge is 0.255 e. The molecule has 1 heterocycles. The number of nitrogens with one attached hydrogen (secondary N) is 1. The van der Waals surface area contributed by atoms with Gasteiger partial charge in [0, 0.05) is 35.1 Å². The Morgan fingerprint density at radius 3 is 2.18 bits per heavy atom. The molecule has 3 nitrogen and oxygen atoms in total. The van der Waals surface area contributed by atoms with Gasteiger partial charge < -0.3 is 10.2 Å². The van der Waals surface area contributed by atoms with E-state index in [1.165, 1.54) is 24.9 Å². The monoisotopic (exact) mass is 314 g/mol. The average molecular weight is 315 g/mol. The van der Waals surface area contributed by atoms with E-state index in [1.54, 1.807) is 24.3 Å². The highest BCUT2D eigenvalue weighted by atomic mass is 35.5. The lowest BCUT2D eigenvalue weighted by molar-refractivity contribution is 0.102. The molecule has 2 aromatic rings. The van der Waals surface area contributed by atoms with Crippen molar-refractivity contribution in [3.63, 3.8) is 0 Å². The van der Waals surface area contributed by atoms with Gasteiger partial charge in [-0.05, 0) is 67.8 Å². The topological polar surface area (TPSA) is 32.3 Å². The molecule has 3 rings (SSSR count). The third-order valence-corrected chi connectivity index (χ3v) is 4.20. The molecule has 0 bridgehead atoms. The third kappa shape index (κ3) is 3.60. The van der Waals surface area contributed by atoms with Crippen LogP contribution in [0.4, 0.5) is 11.4 Å². The van der Waals surface area contributed by atoms with Crippen LogP contribution in [-0.2, 0) is 0 Å². The lowest BCUT2D eigenvalue weighted by atomic mass is 10.1. The van der Waals surface area contributed by atoms with Gasteiger partial charge in [0.1, 0.15) is 0 Å². The summed E-state index contributed by atoms with van der Waals surface area (Å²) in [5, 5.41) is 3.53. The molecule has 114 valence electrons. The normalized spacial score (nSPS) is 14.7. The molecule has 1 aliphatic rings. The summed E-state index contributed by atoms with van der Waals surface area (Å²) in [6, 6.07) is 14.9. The van der Waals surface area contributed by atoms with Gasteiger partial charge in [0.15, 0.2) is 0 Å². The second kappa shape index (κ2) is 6.84. The van der Waals surface area contributed by atoms with Gasteiger partial charge in [0.05, 0.1) is 0 Å². The largest absolute Gasteiger partial charge is 0.372 e. The molecule has 2 aromatic carbocycles. The third-order valence-electron chi connectivity index (χ3n) is 3.95. The summed E-state index contributed by atoms with van der Waals surface area (Å²) in [5.41, 5.74) is 2.60. The van der Waals surface area contributed by atoms with Crippen molar-refractivity contribution in [2.75, 3.05) is 23.3 Å². The van der Waals surface area contributed by atoms with Crippen LogP contribution >= 0.6 is 11.6 Å². The van der Waals surface area contributed by atoms with Crippen molar-refractivity contribution >= 4 is 28.9 Å². The summed E-state index contributed by atoms with van der Waals surface area (Å²) >= 11 is 5.84. The van der Waals surface area contributed by atoms with E-state index in [2.05, 4.69) is 10.2 Å². The second-order valence-electron chi connectivity index (χ2n) is 5.56. The number of benzene rings is 2. The van der Waals surface area contributed by atoms with Crippen LogP contribution in [0.25, 0.3) is 0 Å². The lowest BCUT2D eigenvalue weighted by Crippen LogP contribution is -2.29.